The van der Waals surface area contributed by atoms with Crippen LogP contribution in [0, 0.1) is 5.21 Å². The van der Waals surface area contributed by atoms with E-state index in [1.807, 2.05) is 0 Å². The van der Waals surface area contributed by atoms with Gasteiger partial charge in [-0.05, 0) is 41.5 Å². The van der Waals surface area contributed by atoms with Gasteiger partial charge in [-0.2, -0.15) is 13.2 Å². The molecule has 1 atom stereocenters. The third-order valence-corrected chi connectivity index (χ3v) is 4.22. The molecule has 0 bridgehead atoms. The van der Waals surface area contributed by atoms with Crippen LogP contribution in [0.5, 0.6) is 0 Å². The molecule has 0 aromatic heterocycles. The van der Waals surface area contributed by atoms with Gasteiger partial charge >= 0.3 is 6.18 Å². The lowest BCUT2D eigenvalue weighted by Crippen LogP contribution is -2.98. The van der Waals surface area contributed by atoms with Crippen LogP contribution in [0.25, 0.3) is 11.1 Å². The van der Waals surface area contributed by atoms with E-state index >= 15 is 0 Å². The van der Waals surface area contributed by atoms with Crippen LogP contribution in [0.2, 0.25) is 0 Å². The number of quaternary nitrogens is 1. The second-order valence-electron chi connectivity index (χ2n) is 6.21. The molecule has 1 unspecified atom stereocenters. The van der Waals surface area contributed by atoms with Crippen LogP contribution in [0.3, 0.4) is 0 Å². The topological polar surface area (TPSA) is 56.6 Å². The molecule has 0 aliphatic carbocycles. The number of amides is 1. The quantitative estimate of drug-likeness (QED) is 0.658. The van der Waals surface area contributed by atoms with Crippen molar-refractivity contribution in [1.82, 2.24) is 0 Å². The van der Waals surface area contributed by atoms with Gasteiger partial charge in [0, 0.05) is 17.3 Å². The molecule has 2 N–H and O–H groups in total. The summed E-state index contributed by atoms with van der Waals surface area (Å²) in [5.74, 6) is -0.420. The van der Waals surface area contributed by atoms with Gasteiger partial charge in [-0.15, -0.1) is 0 Å². The molecule has 144 valence electrons. The SMILES string of the molecule is C[NH+]([O-])c1cccc(NC(=O)c2ccccc2-c2ccc(C(F)(F)F)cc2)c1. The fourth-order valence-electron chi connectivity index (χ4n) is 2.79. The minimum atomic E-state index is -4.42. The molecule has 3 rings (SSSR count). The minimum absolute atomic E-state index is 0.124. The smallest absolute Gasteiger partial charge is 0.416 e. The highest BCUT2D eigenvalue weighted by atomic mass is 19.4. The van der Waals surface area contributed by atoms with E-state index in [9.17, 15) is 23.2 Å². The molecular weight excluding hydrogens is 369 g/mol. The Hall–Kier alpha value is -3.16. The number of hydrogen-bond acceptors (Lipinski definition) is 2. The van der Waals surface area contributed by atoms with Gasteiger partial charge in [0.25, 0.3) is 5.91 Å². The van der Waals surface area contributed by atoms with Crippen molar-refractivity contribution >= 4 is 17.3 Å². The molecule has 7 heteroatoms. The molecule has 0 heterocycles. The van der Waals surface area contributed by atoms with E-state index in [4.69, 9.17) is 0 Å². The Bertz CT molecular complexity index is 983. The Kier molecular flexibility index (Phi) is 5.48. The molecule has 0 radical (unpaired) electrons. The van der Waals surface area contributed by atoms with E-state index in [-0.39, 0.29) is 5.06 Å². The van der Waals surface area contributed by atoms with Gasteiger partial charge in [-0.1, -0.05) is 36.4 Å². The molecule has 0 fully saturated rings. The predicted octanol–water partition coefficient (Wildman–Crippen LogP) is 4.27. The first-order valence-electron chi connectivity index (χ1n) is 8.45. The standard InChI is InChI=1S/C21H17F3N2O2/c1-26(28)17-6-4-5-16(13-17)25-20(27)19-8-3-2-7-18(19)14-9-11-15(12-10-14)21(22,23)24/h2-13,26H,1H3,(H,25,27). The first-order valence-corrected chi connectivity index (χ1v) is 8.45. The third-order valence-electron chi connectivity index (χ3n) is 4.22. The maximum absolute atomic E-state index is 12.8. The van der Waals surface area contributed by atoms with E-state index < -0.39 is 17.6 Å². The van der Waals surface area contributed by atoms with Crippen LogP contribution < -0.4 is 10.4 Å². The summed E-state index contributed by atoms with van der Waals surface area (Å²) in [6.07, 6.45) is -4.42. The maximum Gasteiger partial charge on any atom is 0.416 e. The van der Waals surface area contributed by atoms with Crippen molar-refractivity contribution in [3.8, 4) is 11.1 Å². The molecule has 4 nitrogen and oxygen atoms in total. The number of carbonyl (C=O) groups excluding carboxylic acids is 1. The molecule has 0 aliphatic heterocycles. The summed E-state index contributed by atoms with van der Waals surface area (Å²) in [6.45, 7) is 0. The Morgan fingerprint density at radius 2 is 1.64 bits per heavy atom. The van der Waals surface area contributed by atoms with Crippen molar-refractivity contribution in [3.63, 3.8) is 0 Å². The minimum Gasteiger partial charge on any atom is -0.629 e. The molecule has 3 aromatic rings. The van der Waals surface area contributed by atoms with Crippen molar-refractivity contribution in [2.24, 2.45) is 0 Å². The van der Waals surface area contributed by atoms with Crippen LogP contribution in [0.15, 0.2) is 72.8 Å². The number of anilines is 1. The third kappa shape index (κ3) is 4.39. The number of rotatable bonds is 4. The second-order valence-corrected chi connectivity index (χ2v) is 6.21. The zero-order valence-corrected chi connectivity index (χ0v) is 14.9. The van der Waals surface area contributed by atoms with Gasteiger partial charge in [-0.25, -0.2) is 0 Å². The average Bonchev–Trinajstić information content (AvgIpc) is 2.67. The first kappa shape index (κ1) is 19.6. The lowest BCUT2D eigenvalue weighted by atomic mass is 9.98. The fraction of sp³-hybridized carbons (Fsp3) is 0.0952. The first-order chi connectivity index (χ1) is 13.3. The predicted molar refractivity (Wildman–Crippen MR) is 101 cm³/mol. The number of hydroxylamine groups is 1. The molecule has 0 saturated heterocycles. The number of nitrogens with one attached hydrogen (secondary N) is 2. The van der Waals surface area contributed by atoms with Crippen molar-refractivity contribution in [1.29, 1.82) is 0 Å². The van der Waals surface area contributed by atoms with Gasteiger partial charge < -0.3 is 15.6 Å². The van der Waals surface area contributed by atoms with Crippen LogP contribution in [0.1, 0.15) is 15.9 Å². The Labute approximate surface area is 159 Å². The Morgan fingerprint density at radius 1 is 0.964 bits per heavy atom. The monoisotopic (exact) mass is 386 g/mol. The van der Waals surface area contributed by atoms with Crippen molar-refractivity contribution in [3.05, 3.63) is 89.1 Å². The number of carbonyl (C=O) groups is 1. The molecular formula is C21H17F3N2O2. The van der Waals surface area contributed by atoms with Crippen molar-refractivity contribution in [2.45, 2.75) is 6.18 Å². The number of halogens is 3. The Morgan fingerprint density at radius 3 is 2.29 bits per heavy atom. The summed E-state index contributed by atoms with van der Waals surface area (Å²) in [4.78, 5) is 12.7. The summed E-state index contributed by atoms with van der Waals surface area (Å²) in [5, 5.41) is 14.1. The normalized spacial score (nSPS) is 12.5. The van der Waals surface area contributed by atoms with Crippen LogP contribution >= 0.6 is 0 Å². The van der Waals surface area contributed by atoms with Crippen molar-refractivity contribution in [2.75, 3.05) is 12.4 Å². The summed E-state index contributed by atoms with van der Waals surface area (Å²) < 4.78 is 38.3. The van der Waals surface area contributed by atoms with Gasteiger partial charge in [-0.3, -0.25) is 4.79 Å². The highest BCUT2D eigenvalue weighted by molar-refractivity contribution is 6.08. The summed E-state index contributed by atoms with van der Waals surface area (Å²) in [7, 11) is 1.43. The molecule has 0 saturated carbocycles. The lowest BCUT2D eigenvalue weighted by Gasteiger charge is -2.16. The molecule has 0 aliphatic rings. The molecule has 0 spiro atoms. The highest BCUT2D eigenvalue weighted by Gasteiger charge is 2.30. The van der Waals surface area contributed by atoms with Gasteiger partial charge in [0.15, 0.2) is 0 Å². The zero-order chi connectivity index (χ0) is 20.3. The van der Waals surface area contributed by atoms with E-state index in [1.54, 1.807) is 48.5 Å². The summed E-state index contributed by atoms with van der Waals surface area (Å²) in [6, 6.07) is 17.8. The van der Waals surface area contributed by atoms with Gasteiger partial charge in [0.2, 0.25) is 0 Å². The lowest BCUT2D eigenvalue weighted by molar-refractivity contribution is -0.751. The van der Waals surface area contributed by atoms with E-state index in [1.165, 1.54) is 19.2 Å². The van der Waals surface area contributed by atoms with Crippen LogP contribution in [0.4, 0.5) is 24.5 Å². The van der Waals surface area contributed by atoms with Crippen LogP contribution in [-0.4, -0.2) is 13.0 Å². The number of benzene rings is 3. The van der Waals surface area contributed by atoms with Gasteiger partial charge in [0.1, 0.15) is 5.69 Å². The average molecular weight is 386 g/mol. The highest BCUT2D eigenvalue weighted by Crippen LogP contribution is 2.32. The van der Waals surface area contributed by atoms with Gasteiger partial charge in [0.05, 0.1) is 12.6 Å². The Balaban J connectivity index is 1.90. The molecule has 1 amide bonds. The fourth-order valence-corrected chi connectivity index (χ4v) is 2.79. The van der Waals surface area contributed by atoms with E-state index in [0.717, 1.165) is 12.1 Å². The maximum atomic E-state index is 12.8. The van der Waals surface area contributed by atoms with E-state index in [2.05, 4.69) is 5.32 Å². The summed E-state index contributed by atoms with van der Waals surface area (Å²) >= 11 is 0. The van der Waals surface area contributed by atoms with E-state index in [0.29, 0.717) is 28.1 Å². The zero-order valence-electron chi connectivity index (χ0n) is 14.9. The summed E-state index contributed by atoms with van der Waals surface area (Å²) in [5.41, 5.74) is 1.50. The molecule has 3 aromatic carbocycles. The van der Waals surface area contributed by atoms with Crippen LogP contribution in [-0.2, 0) is 6.18 Å². The number of alkyl halides is 3. The second kappa shape index (κ2) is 7.84. The number of hydrogen-bond donors (Lipinski definition) is 2. The van der Waals surface area contributed by atoms with Crippen molar-refractivity contribution < 1.29 is 23.0 Å². The molecule has 28 heavy (non-hydrogen) atoms. The largest absolute Gasteiger partial charge is 0.629 e.